The summed E-state index contributed by atoms with van der Waals surface area (Å²) in [6.45, 7) is 5.32. The fraction of sp³-hybridized carbons (Fsp3) is 0.292. The number of fused-ring (bicyclic) bond motifs is 1. The monoisotopic (exact) mass is 439 g/mol. The third-order valence-corrected chi connectivity index (χ3v) is 5.76. The van der Waals surface area contributed by atoms with E-state index in [0.717, 1.165) is 11.1 Å². The van der Waals surface area contributed by atoms with E-state index < -0.39 is 6.04 Å². The Balaban J connectivity index is 1.82. The molecule has 1 aliphatic rings. The van der Waals surface area contributed by atoms with Crippen molar-refractivity contribution >= 4 is 41.1 Å². The van der Waals surface area contributed by atoms with Crippen LogP contribution in [-0.2, 0) is 9.59 Å². The molecule has 3 amide bonds. The number of benzene rings is 2. The fourth-order valence-corrected chi connectivity index (χ4v) is 3.65. The van der Waals surface area contributed by atoms with E-state index in [0.29, 0.717) is 16.3 Å². The van der Waals surface area contributed by atoms with Gasteiger partial charge in [0.15, 0.2) is 0 Å². The van der Waals surface area contributed by atoms with Gasteiger partial charge >= 0.3 is 0 Å². The zero-order valence-electron chi connectivity index (χ0n) is 18.1. The Morgan fingerprint density at radius 3 is 2.55 bits per heavy atom. The van der Waals surface area contributed by atoms with Crippen LogP contribution in [0, 0.1) is 0 Å². The Kier molecular flexibility index (Phi) is 6.81. The molecular weight excluding hydrogens is 414 g/mol. The summed E-state index contributed by atoms with van der Waals surface area (Å²) in [5.41, 5.74) is 2.68. The van der Waals surface area contributed by atoms with Gasteiger partial charge in [0.1, 0.15) is 0 Å². The first kappa shape index (κ1) is 22.6. The van der Waals surface area contributed by atoms with Gasteiger partial charge in [0, 0.05) is 31.8 Å². The van der Waals surface area contributed by atoms with Crippen LogP contribution in [0.2, 0.25) is 5.02 Å². The van der Waals surface area contributed by atoms with E-state index in [1.165, 1.54) is 6.92 Å². The molecule has 3 rings (SSSR count). The number of hydrogen-bond donors (Lipinski definition) is 1. The molecule has 0 aliphatic carbocycles. The van der Waals surface area contributed by atoms with Crippen LogP contribution < -0.4 is 5.32 Å². The minimum Gasteiger partial charge on any atom is -0.339 e. The summed E-state index contributed by atoms with van der Waals surface area (Å²) >= 11 is 6.27. The van der Waals surface area contributed by atoms with Crippen molar-refractivity contribution in [3.05, 3.63) is 70.4 Å². The minimum atomic E-state index is -0.422. The number of nitrogens with zero attached hydrogens (tertiary/aromatic N) is 2. The Hall–Kier alpha value is -3.12. The summed E-state index contributed by atoms with van der Waals surface area (Å²) in [6.07, 6.45) is 3.63. The maximum atomic E-state index is 12.9. The van der Waals surface area contributed by atoms with E-state index in [9.17, 15) is 14.4 Å². The number of halogens is 1. The predicted octanol–water partition coefficient (Wildman–Crippen LogP) is 4.72. The highest BCUT2D eigenvalue weighted by molar-refractivity contribution is 6.33. The van der Waals surface area contributed by atoms with Gasteiger partial charge in [0.05, 0.1) is 23.2 Å². The molecule has 0 bridgehead atoms. The third kappa shape index (κ3) is 4.97. The number of rotatable bonds is 5. The molecule has 31 heavy (non-hydrogen) atoms. The van der Waals surface area contributed by atoms with Crippen molar-refractivity contribution in [1.29, 1.82) is 0 Å². The molecule has 0 aromatic heterocycles. The fourth-order valence-electron chi connectivity index (χ4n) is 3.48. The standard InChI is InChI=1S/C24H26ClN3O3/c1-15(2)27(4)24(31)18-9-10-20(25)21(13-18)26-23(30)14-22-19-8-6-5-7-17(19)11-12-28(22)16(3)29/h5-13,15,22H,14H2,1-4H3,(H,26,30). The molecule has 6 nitrogen and oxygen atoms in total. The van der Waals surface area contributed by atoms with Gasteiger partial charge in [-0.25, -0.2) is 0 Å². The zero-order chi connectivity index (χ0) is 22.7. The summed E-state index contributed by atoms with van der Waals surface area (Å²) in [5, 5.41) is 3.15. The van der Waals surface area contributed by atoms with Gasteiger partial charge in [0.2, 0.25) is 11.8 Å². The van der Waals surface area contributed by atoms with Gasteiger partial charge in [-0.05, 0) is 49.2 Å². The van der Waals surface area contributed by atoms with E-state index >= 15 is 0 Å². The highest BCUT2D eigenvalue weighted by Crippen LogP contribution is 2.33. The molecule has 0 saturated carbocycles. The van der Waals surface area contributed by atoms with Crippen molar-refractivity contribution in [3.63, 3.8) is 0 Å². The molecular formula is C24H26ClN3O3. The Morgan fingerprint density at radius 1 is 1.16 bits per heavy atom. The SMILES string of the molecule is CC(=O)N1C=Cc2ccccc2C1CC(=O)Nc1cc(C(=O)N(C)C(C)C)ccc1Cl. The molecule has 2 aromatic rings. The van der Waals surface area contributed by atoms with Crippen molar-refractivity contribution in [1.82, 2.24) is 9.80 Å². The molecule has 0 fully saturated rings. The summed E-state index contributed by atoms with van der Waals surface area (Å²) in [4.78, 5) is 40.8. The third-order valence-electron chi connectivity index (χ3n) is 5.43. The molecule has 0 spiro atoms. The van der Waals surface area contributed by atoms with Crippen molar-refractivity contribution in [2.75, 3.05) is 12.4 Å². The van der Waals surface area contributed by atoms with Crippen molar-refractivity contribution in [2.24, 2.45) is 0 Å². The molecule has 1 aliphatic heterocycles. The molecule has 7 heteroatoms. The predicted molar refractivity (Wildman–Crippen MR) is 123 cm³/mol. The first-order valence-corrected chi connectivity index (χ1v) is 10.5. The van der Waals surface area contributed by atoms with Crippen molar-refractivity contribution in [3.8, 4) is 0 Å². The maximum Gasteiger partial charge on any atom is 0.253 e. The second-order valence-electron chi connectivity index (χ2n) is 7.84. The van der Waals surface area contributed by atoms with Gasteiger partial charge in [-0.15, -0.1) is 0 Å². The second-order valence-corrected chi connectivity index (χ2v) is 8.25. The first-order valence-electron chi connectivity index (χ1n) is 10.1. The van der Waals surface area contributed by atoms with Crippen LogP contribution in [0.4, 0.5) is 5.69 Å². The average molecular weight is 440 g/mol. The van der Waals surface area contributed by atoms with Gasteiger partial charge in [-0.2, -0.15) is 0 Å². The maximum absolute atomic E-state index is 12.9. The smallest absolute Gasteiger partial charge is 0.253 e. The van der Waals surface area contributed by atoms with E-state index in [1.807, 2.05) is 44.2 Å². The van der Waals surface area contributed by atoms with Crippen LogP contribution in [0.5, 0.6) is 0 Å². The van der Waals surface area contributed by atoms with Crippen LogP contribution >= 0.6 is 11.6 Å². The Labute approximate surface area is 187 Å². The average Bonchev–Trinajstić information content (AvgIpc) is 2.74. The van der Waals surface area contributed by atoms with Gasteiger partial charge < -0.3 is 15.1 Å². The molecule has 1 heterocycles. The molecule has 1 N–H and O–H groups in total. The van der Waals surface area contributed by atoms with E-state index in [4.69, 9.17) is 11.6 Å². The van der Waals surface area contributed by atoms with Gasteiger partial charge in [-0.1, -0.05) is 35.9 Å². The lowest BCUT2D eigenvalue weighted by molar-refractivity contribution is -0.129. The summed E-state index contributed by atoms with van der Waals surface area (Å²) in [6, 6.07) is 12.1. The van der Waals surface area contributed by atoms with Crippen LogP contribution in [0.3, 0.4) is 0 Å². The van der Waals surface area contributed by atoms with Gasteiger partial charge in [-0.3, -0.25) is 14.4 Å². The van der Waals surface area contributed by atoms with E-state index in [2.05, 4.69) is 5.32 Å². The lowest BCUT2D eigenvalue weighted by atomic mass is 9.93. The summed E-state index contributed by atoms with van der Waals surface area (Å²) in [5.74, 6) is -0.604. The number of carbonyl (C=O) groups is 3. The Morgan fingerprint density at radius 2 is 1.87 bits per heavy atom. The molecule has 0 saturated heterocycles. The lowest BCUT2D eigenvalue weighted by Gasteiger charge is -2.32. The lowest BCUT2D eigenvalue weighted by Crippen LogP contribution is -2.33. The molecule has 1 unspecified atom stereocenters. The minimum absolute atomic E-state index is 0.0400. The van der Waals surface area contributed by atoms with Crippen LogP contribution in [-0.4, -0.2) is 40.6 Å². The van der Waals surface area contributed by atoms with Crippen LogP contribution in [0.25, 0.3) is 6.08 Å². The van der Waals surface area contributed by atoms with Crippen LogP contribution in [0.1, 0.15) is 54.7 Å². The van der Waals surface area contributed by atoms with Gasteiger partial charge in [0.25, 0.3) is 5.91 Å². The van der Waals surface area contributed by atoms with Crippen molar-refractivity contribution in [2.45, 2.75) is 39.3 Å². The number of hydrogen-bond acceptors (Lipinski definition) is 3. The largest absolute Gasteiger partial charge is 0.339 e. The molecule has 0 radical (unpaired) electrons. The molecule has 2 aromatic carbocycles. The van der Waals surface area contributed by atoms with Crippen LogP contribution in [0.15, 0.2) is 48.7 Å². The summed E-state index contributed by atoms with van der Waals surface area (Å²) in [7, 11) is 1.73. The van der Waals surface area contributed by atoms with Crippen molar-refractivity contribution < 1.29 is 14.4 Å². The normalized spacial score (nSPS) is 14.9. The number of anilines is 1. The number of nitrogens with one attached hydrogen (secondary N) is 1. The molecule has 1 atom stereocenters. The summed E-state index contributed by atoms with van der Waals surface area (Å²) < 4.78 is 0. The highest BCUT2D eigenvalue weighted by Gasteiger charge is 2.28. The number of amides is 3. The topological polar surface area (TPSA) is 69.7 Å². The number of carbonyl (C=O) groups excluding carboxylic acids is 3. The van der Waals surface area contributed by atoms with E-state index in [1.54, 1.807) is 41.2 Å². The second kappa shape index (κ2) is 9.35. The zero-order valence-corrected chi connectivity index (χ0v) is 18.8. The quantitative estimate of drug-likeness (QED) is 0.732. The molecule has 162 valence electrons. The van der Waals surface area contributed by atoms with E-state index in [-0.39, 0.29) is 30.2 Å². The Bertz CT molecular complexity index is 1050. The first-order chi connectivity index (χ1) is 14.7. The highest BCUT2D eigenvalue weighted by atomic mass is 35.5.